The number of carbonyl (C=O) groups is 3. The van der Waals surface area contributed by atoms with Crippen molar-refractivity contribution in [2.75, 3.05) is 46.5 Å². The molecule has 0 aromatic carbocycles. The summed E-state index contributed by atoms with van der Waals surface area (Å²) in [6.45, 7) is 1.77. The Morgan fingerprint density at radius 3 is 2.83 bits per heavy atom. The maximum atomic E-state index is 13.3. The highest BCUT2D eigenvalue weighted by molar-refractivity contribution is 5.99. The molecule has 2 aromatic heterocycles. The van der Waals surface area contributed by atoms with Gasteiger partial charge in [0.15, 0.2) is 5.69 Å². The maximum absolute atomic E-state index is 13.3. The zero-order chi connectivity index (χ0) is 28.1. The third-order valence-electron chi connectivity index (χ3n) is 7.47. The van der Waals surface area contributed by atoms with E-state index in [0.29, 0.717) is 54.6 Å². The topological polar surface area (TPSA) is 167 Å². The summed E-state index contributed by atoms with van der Waals surface area (Å²) in [4.78, 5) is 47.6. The molecule has 5 rings (SSSR count). The molecule has 0 saturated carbocycles. The van der Waals surface area contributed by atoms with Gasteiger partial charge in [-0.3, -0.25) is 14.6 Å². The second-order valence-corrected chi connectivity index (χ2v) is 9.80. The van der Waals surface area contributed by atoms with E-state index in [-0.39, 0.29) is 43.9 Å². The number of likely N-dealkylation sites (tertiary alicyclic amines) is 1. The van der Waals surface area contributed by atoms with Crippen molar-refractivity contribution in [3.05, 3.63) is 53.0 Å². The SMILES string of the molecule is CNC(NNC1=C(C(=O)NCC=O)C2(CCN(C(=O)c3nc4cccnc4cc3O)CC2)OC1)C1=CCOCC1. The molecule has 1 saturated heterocycles. The fourth-order valence-electron chi connectivity index (χ4n) is 5.37. The van der Waals surface area contributed by atoms with E-state index in [2.05, 4.69) is 31.5 Å². The van der Waals surface area contributed by atoms with E-state index < -0.39 is 17.4 Å². The number of aromatic hydroxyl groups is 1. The highest BCUT2D eigenvalue weighted by Gasteiger charge is 2.48. The standard InChI is InChI=1S/C27H33N7O6/c1-28-24(17-4-13-39-14-5-17)33-32-20-16-40-27(22(20)25(37)30-9-12-35)6-10-34(11-7-27)26(38)23-21(36)15-19-18(31-23)3-2-8-29-19/h2-4,8,12,15,24,28,32-33,36H,5-7,9-11,13-14,16H2,1H3,(H,30,37). The van der Waals surface area contributed by atoms with Gasteiger partial charge in [0.2, 0.25) is 0 Å². The largest absolute Gasteiger partial charge is 0.505 e. The van der Waals surface area contributed by atoms with Crippen molar-refractivity contribution >= 4 is 29.1 Å². The monoisotopic (exact) mass is 551 g/mol. The minimum Gasteiger partial charge on any atom is -0.505 e. The fourth-order valence-corrected chi connectivity index (χ4v) is 5.37. The number of nitrogens with one attached hydrogen (secondary N) is 4. The summed E-state index contributed by atoms with van der Waals surface area (Å²) in [6.07, 6.45) is 5.51. The zero-order valence-corrected chi connectivity index (χ0v) is 22.2. The van der Waals surface area contributed by atoms with Gasteiger partial charge in [-0.1, -0.05) is 6.08 Å². The van der Waals surface area contributed by atoms with E-state index in [4.69, 9.17) is 9.47 Å². The number of aldehydes is 1. The van der Waals surface area contributed by atoms with E-state index in [1.54, 1.807) is 23.2 Å². The van der Waals surface area contributed by atoms with Crippen LogP contribution in [-0.4, -0.2) is 96.3 Å². The van der Waals surface area contributed by atoms with Crippen LogP contribution in [0.3, 0.4) is 0 Å². The molecule has 1 atom stereocenters. The Bertz CT molecular complexity index is 1350. The molecule has 212 valence electrons. The lowest BCUT2D eigenvalue weighted by Crippen LogP contribution is -2.51. The molecule has 0 radical (unpaired) electrons. The van der Waals surface area contributed by atoms with Crippen molar-refractivity contribution in [1.82, 2.24) is 36.4 Å². The summed E-state index contributed by atoms with van der Waals surface area (Å²) in [5, 5.41) is 16.3. The number of fused-ring (bicyclic) bond motifs is 1. The highest BCUT2D eigenvalue weighted by atomic mass is 16.5. The predicted molar refractivity (Wildman–Crippen MR) is 144 cm³/mol. The predicted octanol–water partition coefficient (Wildman–Crippen LogP) is -0.104. The van der Waals surface area contributed by atoms with Crippen LogP contribution in [0, 0.1) is 0 Å². The van der Waals surface area contributed by atoms with Gasteiger partial charge in [-0.2, -0.15) is 0 Å². The maximum Gasteiger partial charge on any atom is 0.276 e. The Balaban J connectivity index is 1.33. The molecule has 0 bridgehead atoms. The van der Waals surface area contributed by atoms with Gasteiger partial charge < -0.3 is 40.3 Å². The van der Waals surface area contributed by atoms with Gasteiger partial charge in [0, 0.05) is 25.4 Å². The molecule has 1 fully saturated rings. The molecular weight excluding hydrogens is 518 g/mol. The van der Waals surface area contributed by atoms with Gasteiger partial charge in [-0.15, -0.1) is 0 Å². The number of hydrogen-bond donors (Lipinski definition) is 5. The number of piperidine rings is 1. The lowest BCUT2D eigenvalue weighted by Gasteiger charge is -2.39. The lowest BCUT2D eigenvalue weighted by molar-refractivity contribution is -0.122. The number of hydrazine groups is 1. The third-order valence-corrected chi connectivity index (χ3v) is 7.47. The normalized spacial score (nSPS) is 19.4. The minimum atomic E-state index is -0.941. The summed E-state index contributed by atoms with van der Waals surface area (Å²) in [5.74, 6) is -1.05. The molecule has 13 nitrogen and oxygen atoms in total. The van der Waals surface area contributed by atoms with Crippen LogP contribution in [0.25, 0.3) is 11.0 Å². The molecule has 40 heavy (non-hydrogen) atoms. The summed E-state index contributed by atoms with van der Waals surface area (Å²) in [7, 11) is 1.83. The van der Waals surface area contributed by atoms with Gasteiger partial charge >= 0.3 is 0 Å². The van der Waals surface area contributed by atoms with E-state index in [9.17, 15) is 19.5 Å². The first-order valence-electron chi connectivity index (χ1n) is 13.2. The molecule has 13 heteroatoms. The van der Waals surface area contributed by atoms with Crippen LogP contribution in [0.2, 0.25) is 0 Å². The Kier molecular flexibility index (Phi) is 8.35. The van der Waals surface area contributed by atoms with Gasteiger partial charge in [0.1, 0.15) is 17.6 Å². The van der Waals surface area contributed by atoms with Gasteiger partial charge in [0.25, 0.3) is 11.8 Å². The molecule has 3 aliphatic heterocycles. The number of carbonyl (C=O) groups excluding carboxylic acids is 3. The van der Waals surface area contributed by atoms with Gasteiger partial charge in [0.05, 0.1) is 54.8 Å². The average Bonchev–Trinajstić information content (AvgIpc) is 3.33. The number of likely N-dealkylation sites (N-methyl/N-ethyl adjacent to an activating group) is 1. The van der Waals surface area contributed by atoms with E-state index >= 15 is 0 Å². The van der Waals surface area contributed by atoms with Crippen LogP contribution in [0.5, 0.6) is 5.75 Å². The molecule has 2 aromatic rings. The van der Waals surface area contributed by atoms with Crippen LogP contribution in [0.4, 0.5) is 0 Å². The Labute approximate surface area is 231 Å². The Morgan fingerprint density at radius 1 is 1.27 bits per heavy atom. The first kappa shape index (κ1) is 27.6. The average molecular weight is 552 g/mol. The van der Waals surface area contributed by atoms with Crippen LogP contribution < -0.4 is 21.5 Å². The van der Waals surface area contributed by atoms with Crippen LogP contribution in [-0.2, 0) is 19.1 Å². The first-order valence-corrected chi connectivity index (χ1v) is 13.2. The molecule has 3 aliphatic rings. The van der Waals surface area contributed by atoms with Crippen molar-refractivity contribution in [3.8, 4) is 5.75 Å². The summed E-state index contributed by atoms with van der Waals surface area (Å²) >= 11 is 0. The van der Waals surface area contributed by atoms with Crippen LogP contribution in [0.15, 0.2) is 47.3 Å². The molecule has 1 unspecified atom stereocenters. The van der Waals surface area contributed by atoms with Crippen molar-refractivity contribution in [1.29, 1.82) is 0 Å². The summed E-state index contributed by atoms with van der Waals surface area (Å²) in [6, 6.07) is 4.87. The number of hydrogen-bond acceptors (Lipinski definition) is 11. The number of pyridine rings is 2. The number of ether oxygens (including phenoxy) is 2. The molecule has 5 heterocycles. The number of aromatic nitrogens is 2. The Morgan fingerprint density at radius 2 is 2.10 bits per heavy atom. The van der Waals surface area contributed by atoms with Crippen molar-refractivity contribution in [3.63, 3.8) is 0 Å². The first-order chi connectivity index (χ1) is 19.5. The van der Waals surface area contributed by atoms with E-state index in [1.807, 2.05) is 13.1 Å². The minimum absolute atomic E-state index is 0.0460. The highest BCUT2D eigenvalue weighted by Crippen LogP contribution is 2.40. The zero-order valence-electron chi connectivity index (χ0n) is 22.2. The molecule has 1 spiro atoms. The Hall–Kier alpha value is -3.91. The van der Waals surface area contributed by atoms with E-state index in [0.717, 1.165) is 12.0 Å². The van der Waals surface area contributed by atoms with Crippen LogP contribution in [0.1, 0.15) is 29.8 Å². The lowest BCUT2D eigenvalue weighted by atomic mass is 9.83. The number of rotatable bonds is 9. The quantitative estimate of drug-likeness (QED) is 0.122. The number of nitrogens with zero attached hydrogens (tertiary/aromatic N) is 3. The summed E-state index contributed by atoms with van der Waals surface area (Å²) < 4.78 is 11.6. The second-order valence-electron chi connectivity index (χ2n) is 9.80. The van der Waals surface area contributed by atoms with Crippen molar-refractivity contribution < 1.29 is 29.0 Å². The second kappa shape index (κ2) is 12.1. The molecular formula is C27H33N7O6. The van der Waals surface area contributed by atoms with E-state index in [1.165, 1.54) is 6.07 Å². The summed E-state index contributed by atoms with van der Waals surface area (Å²) in [5.41, 5.74) is 8.53. The van der Waals surface area contributed by atoms with Gasteiger partial charge in [-0.05, 0) is 44.0 Å². The van der Waals surface area contributed by atoms with Crippen molar-refractivity contribution in [2.45, 2.75) is 31.0 Å². The smallest absolute Gasteiger partial charge is 0.276 e. The number of amides is 2. The fraction of sp³-hybridized carbons (Fsp3) is 0.444. The molecule has 2 amide bonds. The molecule has 5 N–H and O–H groups in total. The molecule has 0 aliphatic carbocycles. The third kappa shape index (κ3) is 5.54. The van der Waals surface area contributed by atoms with Crippen LogP contribution >= 0.6 is 0 Å². The van der Waals surface area contributed by atoms with Gasteiger partial charge in [-0.25, -0.2) is 10.4 Å². The van der Waals surface area contributed by atoms with Crippen molar-refractivity contribution in [2.24, 2.45) is 0 Å².